The molecule has 0 fully saturated rings. The SMILES string of the molecule is CC(C)(C)OC(=O)Cn1c(=O)oc2ccc(-c3ccncc3)cc21. The average Bonchev–Trinajstić information content (AvgIpc) is 2.81. The van der Waals surface area contributed by atoms with Gasteiger partial charge in [0.2, 0.25) is 0 Å². The fourth-order valence-electron chi connectivity index (χ4n) is 2.44. The molecular weight excluding hydrogens is 308 g/mol. The summed E-state index contributed by atoms with van der Waals surface area (Å²) in [6.45, 7) is 5.15. The Hall–Kier alpha value is -2.89. The monoisotopic (exact) mass is 326 g/mol. The fourth-order valence-corrected chi connectivity index (χ4v) is 2.44. The van der Waals surface area contributed by atoms with Crippen molar-refractivity contribution in [1.29, 1.82) is 0 Å². The van der Waals surface area contributed by atoms with Crippen LogP contribution in [0.4, 0.5) is 0 Å². The molecule has 1 aromatic carbocycles. The number of rotatable bonds is 3. The first-order valence-electron chi connectivity index (χ1n) is 7.59. The molecule has 6 heteroatoms. The molecule has 0 aliphatic rings. The number of ether oxygens (including phenoxy) is 1. The first-order valence-corrected chi connectivity index (χ1v) is 7.59. The quantitative estimate of drug-likeness (QED) is 0.692. The van der Waals surface area contributed by atoms with Crippen LogP contribution >= 0.6 is 0 Å². The second-order valence-electron chi connectivity index (χ2n) is 6.46. The van der Waals surface area contributed by atoms with Gasteiger partial charge >= 0.3 is 11.7 Å². The van der Waals surface area contributed by atoms with Crippen molar-refractivity contribution in [2.24, 2.45) is 0 Å². The lowest BCUT2D eigenvalue weighted by Crippen LogP contribution is -2.29. The Labute approximate surface area is 138 Å². The van der Waals surface area contributed by atoms with Gasteiger partial charge in [-0.3, -0.25) is 14.3 Å². The first-order chi connectivity index (χ1) is 11.3. The van der Waals surface area contributed by atoms with Gasteiger partial charge < -0.3 is 9.15 Å². The average molecular weight is 326 g/mol. The Morgan fingerprint density at radius 2 is 1.88 bits per heavy atom. The molecule has 0 saturated carbocycles. The van der Waals surface area contributed by atoms with Crippen LogP contribution < -0.4 is 5.76 Å². The first kappa shape index (κ1) is 16.0. The molecule has 0 atom stereocenters. The lowest BCUT2D eigenvalue weighted by Gasteiger charge is -2.19. The van der Waals surface area contributed by atoms with Gasteiger partial charge in [-0.15, -0.1) is 0 Å². The van der Waals surface area contributed by atoms with E-state index in [1.165, 1.54) is 4.57 Å². The summed E-state index contributed by atoms with van der Waals surface area (Å²) in [6, 6.07) is 9.14. The van der Waals surface area contributed by atoms with E-state index in [4.69, 9.17) is 9.15 Å². The summed E-state index contributed by atoms with van der Waals surface area (Å²) in [7, 11) is 0. The lowest BCUT2D eigenvalue weighted by molar-refractivity contribution is -0.155. The highest BCUT2D eigenvalue weighted by atomic mass is 16.6. The highest BCUT2D eigenvalue weighted by Crippen LogP contribution is 2.23. The maximum Gasteiger partial charge on any atom is 0.420 e. The van der Waals surface area contributed by atoms with E-state index in [9.17, 15) is 9.59 Å². The number of aromatic nitrogens is 2. The van der Waals surface area contributed by atoms with Crippen molar-refractivity contribution in [3.63, 3.8) is 0 Å². The molecule has 2 heterocycles. The standard InChI is InChI=1S/C18H18N2O4/c1-18(2,3)24-16(21)11-20-14-10-13(12-6-8-19-9-7-12)4-5-15(14)23-17(20)22/h4-10H,11H2,1-3H3. The van der Waals surface area contributed by atoms with E-state index in [-0.39, 0.29) is 6.54 Å². The Morgan fingerprint density at radius 3 is 2.54 bits per heavy atom. The molecule has 3 rings (SSSR count). The van der Waals surface area contributed by atoms with Gasteiger partial charge in [-0.1, -0.05) is 6.07 Å². The van der Waals surface area contributed by atoms with E-state index < -0.39 is 17.3 Å². The molecule has 0 saturated heterocycles. The van der Waals surface area contributed by atoms with Crippen molar-refractivity contribution < 1.29 is 13.9 Å². The summed E-state index contributed by atoms with van der Waals surface area (Å²) in [4.78, 5) is 28.1. The molecular formula is C18H18N2O4. The van der Waals surface area contributed by atoms with E-state index in [1.807, 2.05) is 24.3 Å². The summed E-state index contributed by atoms with van der Waals surface area (Å²) in [5.74, 6) is -1.07. The number of pyridine rings is 1. The van der Waals surface area contributed by atoms with Gasteiger partial charge in [0.15, 0.2) is 5.58 Å². The van der Waals surface area contributed by atoms with Crippen molar-refractivity contribution in [3.05, 3.63) is 53.3 Å². The normalized spacial score (nSPS) is 11.6. The number of carbonyl (C=O) groups is 1. The van der Waals surface area contributed by atoms with Crippen LogP contribution in [0.3, 0.4) is 0 Å². The smallest absolute Gasteiger partial charge is 0.420 e. The number of esters is 1. The molecule has 6 nitrogen and oxygen atoms in total. The van der Waals surface area contributed by atoms with E-state index >= 15 is 0 Å². The number of carbonyl (C=O) groups excluding carboxylic acids is 1. The molecule has 0 spiro atoms. The van der Waals surface area contributed by atoms with Gasteiger partial charge in [0.1, 0.15) is 12.1 Å². The predicted octanol–water partition coefficient (Wildman–Crippen LogP) is 3.00. The van der Waals surface area contributed by atoms with Gasteiger partial charge in [-0.2, -0.15) is 0 Å². The highest BCUT2D eigenvalue weighted by Gasteiger charge is 2.19. The minimum Gasteiger partial charge on any atom is -0.459 e. The van der Waals surface area contributed by atoms with Gasteiger partial charge in [0.05, 0.1) is 5.52 Å². The zero-order chi connectivity index (χ0) is 17.3. The van der Waals surface area contributed by atoms with Gasteiger partial charge in [0, 0.05) is 12.4 Å². The topological polar surface area (TPSA) is 74.3 Å². The second-order valence-corrected chi connectivity index (χ2v) is 6.46. The van der Waals surface area contributed by atoms with Crippen LogP contribution in [0, 0.1) is 0 Å². The van der Waals surface area contributed by atoms with E-state index in [2.05, 4.69) is 4.98 Å². The zero-order valence-electron chi connectivity index (χ0n) is 13.8. The molecule has 0 unspecified atom stereocenters. The second kappa shape index (κ2) is 5.96. The van der Waals surface area contributed by atoms with Crippen LogP contribution in [0.5, 0.6) is 0 Å². The van der Waals surface area contributed by atoms with Crippen molar-refractivity contribution in [1.82, 2.24) is 9.55 Å². The fraction of sp³-hybridized carbons (Fsp3) is 0.278. The molecule has 24 heavy (non-hydrogen) atoms. The summed E-state index contributed by atoms with van der Waals surface area (Å²) in [5, 5.41) is 0. The zero-order valence-corrected chi connectivity index (χ0v) is 13.8. The van der Waals surface area contributed by atoms with Gasteiger partial charge in [-0.05, 0) is 56.2 Å². The third-order valence-corrected chi connectivity index (χ3v) is 3.39. The number of hydrogen-bond donors (Lipinski definition) is 0. The molecule has 0 N–H and O–H groups in total. The van der Waals surface area contributed by atoms with E-state index in [1.54, 1.807) is 39.2 Å². The van der Waals surface area contributed by atoms with Gasteiger partial charge in [0.25, 0.3) is 0 Å². The number of fused-ring (bicyclic) bond motifs is 1. The summed E-state index contributed by atoms with van der Waals surface area (Å²) >= 11 is 0. The molecule has 0 aliphatic heterocycles. The Morgan fingerprint density at radius 1 is 1.17 bits per heavy atom. The van der Waals surface area contributed by atoms with Crippen LogP contribution in [-0.4, -0.2) is 21.1 Å². The number of nitrogens with zero attached hydrogens (tertiary/aromatic N) is 2. The largest absolute Gasteiger partial charge is 0.459 e. The Balaban J connectivity index is 2.00. The molecule has 3 aromatic rings. The number of oxazole rings is 1. The third-order valence-electron chi connectivity index (χ3n) is 3.39. The molecule has 0 amide bonds. The van der Waals surface area contributed by atoms with E-state index in [0.717, 1.165) is 11.1 Å². The minimum absolute atomic E-state index is 0.192. The Bertz CT molecular complexity index is 933. The van der Waals surface area contributed by atoms with Crippen LogP contribution in [0.15, 0.2) is 51.9 Å². The maximum atomic E-state index is 12.1. The van der Waals surface area contributed by atoms with Crippen molar-refractivity contribution in [3.8, 4) is 11.1 Å². The van der Waals surface area contributed by atoms with E-state index in [0.29, 0.717) is 11.1 Å². The third kappa shape index (κ3) is 3.37. The maximum absolute atomic E-state index is 12.1. The number of hydrogen-bond acceptors (Lipinski definition) is 5. The predicted molar refractivity (Wildman–Crippen MR) is 89.6 cm³/mol. The van der Waals surface area contributed by atoms with Crippen LogP contribution in [-0.2, 0) is 16.1 Å². The van der Waals surface area contributed by atoms with Gasteiger partial charge in [-0.25, -0.2) is 4.79 Å². The molecule has 2 aromatic heterocycles. The molecule has 0 bridgehead atoms. The molecule has 0 aliphatic carbocycles. The minimum atomic E-state index is -0.609. The molecule has 0 radical (unpaired) electrons. The van der Waals surface area contributed by atoms with Crippen molar-refractivity contribution in [2.45, 2.75) is 32.9 Å². The summed E-state index contributed by atoms with van der Waals surface area (Å²) in [5.41, 5.74) is 2.25. The van der Waals surface area contributed by atoms with Crippen LogP contribution in [0.2, 0.25) is 0 Å². The van der Waals surface area contributed by atoms with Crippen LogP contribution in [0.25, 0.3) is 22.2 Å². The van der Waals surface area contributed by atoms with Crippen molar-refractivity contribution in [2.75, 3.05) is 0 Å². The van der Waals surface area contributed by atoms with Crippen LogP contribution in [0.1, 0.15) is 20.8 Å². The molecule has 124 valence electrons. The number of benzene rings is 1. The van der Waals surface area contributed by atoms with Crippen molar-refractivity contribution >= 4 is 17.1 Å². The Kier molecular flexibility index (Phi) is 3.97. The highest BCUT2D eigenvalue weighted by molar-refractivity contribution is 5.82. The summed E-state index contributed by atoms with van der Waals surface area (Å²) in [6.07, 6.45) is 3.39. The summed E-state index contributed by atoms with van der Waals surface area (Å²) < 4.78 is 11.8. The lowest BCUT2D eigenvalue weighted by atomic mass is 10.1.